The van der Waals surface area contributed by atoms with E-state index in [1.807, 2.05) is 30.3 Å². The largest absolute Gasteiger partial charge is 0.550 e. The molecule has 0 amide bonds. The fourth-order valence-electron chi connectivity index (χ4n) is 1.60. The van der Waals surface area contributed by atoms with Crippen LogP contribution in [-0.2, 0) is 11.2 Å². The number of hydrogen-bond donors (Lipinski definition) is 1. The monoisotopic (exact) mass is 245 g/mol. The first-order valence-electron chi connectivity index (χ1n) is 5.55. The highest BCUT2D eigenvalue weighted by Crippen LogP contribution is 2.16. The van der Waals surface area contributed by atoms with Crippen molar-refractivity contribution in [3.05, 3.63) is 36.2 Å². The highest BCUT2D eigenvalue weighted by atomic mass is 16.4. The van der Waals surface area contributed by atoms with Crippen LogP contribution in [0.2, 0.25) is 0 Å². The van der Waals surface area contributed by atoms with Crippen molar-refractivity contribution in [2.75, 3.05) is 5.84 Å². The predicted octanol–water partition coefficient (Wildman–Crippen LogP) is -0.413. The van der Waals surface area contributed by atoms with E-state index in [9.17, 15) is 9.90 Å². The van der Waals surface area contributed by atoms with Crippen LogP contribution in [0.1, 0.15) is 12.7 Å². The van der Waals surface area contributed by atoms with E-state index < -0.39 is 11.9 Å². The number of carboxylic acid groups (broad SMARTS) is 1. The fraction of sp³-hybridized carbons (Fsp3) is 0.250. The van der Waals surface area contributed by atoms with Gasteiger partial charge in [0.2, 0.25) is 0 Å². The number of hydrogen-bond acceptors (Lipinski definition) is 5. The first-order valence-corrected chi connectivity index (χ1v) is 5.55. The van der Waals surface area contributed by atoms with Crippen molar-refractivity contribution in [2.24, 2.45) is 5.92 Å². The second-order valence-corrected chi connectivity index (χ2v) is 4.10. The van der Waals surface area contributed by atoms with Crippen LogP contribution in [0.25, 0.3) is 11.4 Å². The Morgan fingerprint density at radius 3 is 2.67 bits per heavy atom. The van der Waals surface area contributed by atoms with Gasteiger partial charge in [0.25, 0.3) is 0 Å². The van der Waals surface area contributed by atoms with Crippen molar-refractivity contribution >= 4 is 5.97 Å². The Bertz CT molecular complexity index is 550. The summed E-state index contributed by atoms with van der Waals surface area (Å²) in [5.74, 6) is 5.02. The van der Waals surface area contributed by atoms with E-state index in [4.69, 9.17) is 5.84 Å². The van der Waals surface area contributed by atoms with E-state index in [0.717, 1.165) is 5.56 Å². The number of nitrogens with zero attached hydrogens (tertiary/aromatic N) is 3. The van der Waals surface area contributed by atoms with Gasteiger partial charge in [-0.25, -0.2) is 4.68 Å². The minimum Gasteiger partial charge on any atom is -0.550 e. The lowest BCUT2D eigenvalue weighted by molar-refractivity contribution is -0.310. The van der Waals surface area contributed by atoms with E-state index >= 15 is 0 Å². The molecule has 0 aliphatic rings. The summed E-state index contributed by atoms with van der Waals surface area (Å²) in [6, 6.07) is 9.35. The molecule has 18 heavy (non-hydrogen) atoms. The molecule has 0 aliphatic heterocycles. The summed E-state index contributed by atoms with van der Waals surface area (Å²) >= 11 is 0. The molecule has 1 aromatic carbocycles. The maximum Gasteiger partial charge on any atom is 0.182 e. The van der Waals surface area contributed by atoms with Gasteiger partial charge in [0, 0.05) is 23.9 Å². The van der Waals surface area contributed by atoms with Gasteiger partial charge in [-0.2, -0.15) is 0 Å². The zero-order valence-electron chi connectivity index (χ0n) is 9.91. The molecule has 2 aromatic rings. The molecule has 0 radical (unpaired) electrons. The van der Waals surface area contributed by atoms with Crippen LogP contribution < -0.4 is 10.9 Å². The first kappa shape index (κ1) is 12.1. The van der Waals surface area contributed by atoms with Gasteiger partial charge in [-0.15, -0.1) is 10.2 Å². The topological polar surface area (TPSA) is 96.9 Å². The van der Waals surface area contributed by atoms with Crippen molar-refractivity contribution in [3.63, 3.8) is 0 Å². The van der Waals surface area contributed by atoms with E-state index in [-0.39, 0.29) is 6.42 Å². The lowest BCUT2D eigenvalue weighted by atomic mass is 10.1. The van der Waals surface area contributed by atoms with Crippen LogP contribution in [0.4, 0.5) is 0 Å². The van der Waals surface area contributed by atoms with E-state index in [1.54, 1.807) is 6.92 Å². The lowest BCUT2D eigenvalue weighted by Crippen LogP contribution is -2.31. The van der Waals surface area contributed by atoms with Gasteiger partial charge in [0.1, 0.15) is 0 Å². The number of carboxylic acids is 1. The Balaban J connectivity index is 2.27. The van der Waals surface area contributed by atoms with Gasteiger partial charge in [0.15, 0.2) is 11.6 Å². The second-order valence-electron chi connectivity index (χ2n) is 4.10. The number of benzene rings is 1. The predicted molar refractivity (Wildman–Crippen MR) is 63.5 cm³/mol. The Kier molecular flexibility index (Phi) is 3.27. The first-order chi connectivity index (χ1) is 8.59. The van der Waals surface area contributed by atoms with E-state index in [1.165, 1.54) is 4.68 Å². The zero-order chi connectivity index (χ0) is 13.1. The molecular formula is C12H13N4O2-. The van der Waals surface area contributed by atoms with Crippen LogP contribution in [-0.4, -0.2) is 20.8 Å². The number of nitrogens with two attached hydrogens (primary N) is 1. The Hall–Kier alpha value is -2.37. The van der Waals surface area contributed by atoms with Crippen LogP contribution in [0.15, 0.2) is 30.3 Å². The average molecular weight is 245 g/mol. The van der Waals surface area contributed by atoms with Gasteiger partial charge < -0.3 is 15.7 Å². The average Bonchev–Trinajstić information content (AvgIpc) is 2.72. The molecule has 0 fully saturated rings. The molecule has 0 saturated carbocycles. The van der Waals surface area contributed by atoms with Crippen LogP contribution in [0, 0.1) is 5.92 Å². The third kappa shape index (κ3) is 2.32. The van der Waals surface area contributed by atoms with Crippen molar-refractivity contribution in [3.8, 4) is 11.4 Å². The van der Waals surface area contributed by atoms with Crippen LogP contribution in [0.3, 0.4) is 0 Å². The smallest absolute Gasteiger partial charge is 0.182 e. The zero-order valence-corrected chi connectivity index (χ0v) is 9.91. The quantitative estimate of drug-likeness (QED) is 0.738. The molecule has 0 aliphatic carbocycles. The highest BCUT2D eigenvalue weighted by Gasteiger charge is 2.14. The molecule has 94 valence electrons. The third-order valence-corrected chi connectivity index (χ3v) is 2.69. The summed E-state index contributed by atoms with van der Waals surface area (Å²) in [7, 11) is 0. The number of carbonyl (C=O) groups is 1. The summed E-state index contributed by atoms with van der Waals surface area (Å²) in [5.41, 5.74) is 0.833. The molecule has 1 aromatic heterocycles. The molecule has 1 heterocycles. The maximum absolute atomic E-state index is 10.7. The van der Waals surface area contributed by atoms with Crippen molar-refractivity contribution in [2.45, 2.75) is 13.3 Å². The van der Waals surface area contributed by atoms with Gasteiger partial charge in [0.05, 0.1) is 0 Å². The standard InChI is InChI=1S/C12H14N4O2/c1-8(12(17)18)7-10-14-15-11(16(10)13)9-5-3-2-4-6-9/h2-6,8H,7,13H2,1H3,(H,17,18)/p-1/t8-/m0/s1. The van der Waals surface area contributed by atoms with Crippen LogP contribution in [0.5, 0.6) is 0 Å². The van der Waals surface area contributed by atoms with Gasteiger partial charge in [-0.3, -0.25) is 0 Å². The number of rotatable bonds is 4. The molecule has 6 heteroatoms. The summed E-state index contributed by atoms with van der Waals surface area (Å²) in [5, 5.41) is 18.6. The molecule has 0 bridgehead atoms. The molecule has 1 atom stereocenters. The minimum absolute atomic E-state index is 0.193. The summed E-state index contributed by atoms with van der Waals surface area (Å²) < 4.78 is 1.31. The molecule has 0 unspecified atom stereocenters. The molecule has 0 saturated heterocycles. The Morgan fingerprint density at radius 2 is 2.06 bits per heavy atom. The molecule has 0 spiro atoms. The number of aliphatic carboxylic acids is 1. The van der Waals surface area contributed by atoms with Gasteiger partial charge in [-0.05, 0) is 0 Å². The normalized spacial score (nSPS) is 12.3. The second kappa shape index (κ2) is 4.87. The molecule has 6 nitrogen and oxygen atoms in total. The van der Waals surface area contributed by atoms with Gasteiger partial charge in [-0.1, -0.05) is 37.3 Å². The molecule has 2 N–H and O–H groups in total. The van der Waals surface area contributed by atoms with Crippen molar-refractivity contribution in [1.82, 2.24) is 14.9 Å². The summed E-state index contributed by atoms with van der Waals surface area (Å²) in [4.78, 5) is 10.7. The maximum atomic E-state index is 10.7. The van der Waals surface area contributed by atoms with Crippen LogP contribution >= 0.6 is 0 Å². The van der Waals surface area contributed by atoms with E-state index in [2.05, 4.69) is 10.2 Å². The SMILES string of the molecule is C[C@@H](Cc1nnc(-c2ccccc2)n1N)C(=O)[O-]. The molecule has 2 rings (SSSR count). The lowest BCUT2D eigenvalue weighted by Gasteiger charge is -2.11. The summed E-state index contributed by atoms with van der Waals surface area (Å²) in [6.07, 6.45) is 0.193. The number of nitrogen functional groups attached to an aromatic ring is 1. The Labute approximate surface area is 104 Å². The summed E-state index contributed by atoms with van der Waals surface area (Å²) in [6.45, 7) is 1.55. The molecular weight excluding hydrogens is 232 g/mol. The third-order valence-electron chi connectivity index (χ3n) is 2.69. The minimum atomic E-state index is -1.13. The number of aromatic nitrogens is 3. The van der Waals surface area contributed by atoms with Crippen molar-refractivity contribution in [1.29, 1.82) is 0 Å². The van der Waals surface area contributed by atoms with E-state index in [0.29, 0.717) is 11.6 Å². The Morgan fingerprint density at radius 1 is 1.39 bits per heavy atom. The van der Waals surface area contributed by atoms with Gasteiger partial charge >= 0.3 is 0 Å². The fourth-order valence-corrected chi connectivity index (χ4v) is 1.60. The van der Waals surface area contributed by atoms with Crippen molar-refractivity contribution < 1.29 is 9.90 Å². The number of carbonyl (C=O) groups excluding carboxylic acids is 1. The highest BCUT2D eigenvalue weighted by molar-refractivity contribution is 5.67.